The molecule has 1 aromatic heterocycles. The highest BCUT2D eigenvalue weighted by Gasteiger charge is 2.12. The van der Waals surface area contributed by atoms with Gasteiger partial charge in [-0.05, 0) is 6.92 Å². The van der Waals surface area contributed by atoms with E-state index in [9.17, 15) is 9.18 Å². The molecule has 1 heterocycles. The summed E-state index contributed by atoms with van der Waals surface area (Å²) in [6.07, 6.45) is 0.131. The highest BCUT2D eigenvalue weighted by molar-refractivity contribution is 5.87. The Balaban J connectivity index is 2.62. The average Bonchev–Trinajstić information content (AvgIpc) is 2.54. The summed E-state index contributed by atoms with van der Waals surface area (Å²) >= 11 is 0. The quantitative estimate of drug-likeness (QED) is 0.668. The smallest absolute Gasteiger partial charge is 0.360 e. The van der Waals surface area contributed by atoms with Gasteiger partial charge in [-0.3, -0.25) is 4.39 Å². The molecule has 0 bridgehead atoms. The molecule has 0 radical (unpaired) electrons. The number of hydrogen-bond donors (Lipinski definition) is 0. The third-order valence-electron chi connectivity index (χ3n) is 1.38. The van der Waals surface area contributed by atoms with Crippen LogP contribution in [0.5, 0.6) is 0 Å². The Kier molecular flexibility index (Phi) is 3.42. The summed E-state index contributed by atoms with van der Waals surface area (Å²) in [5.41, 5.74) is 0.0882. The highest BCUT2D eigenvalue weighted by atomic mass is 19.1. The van der Waals surface area contributed by atoms with Crippen LogP contribution in [-0.2, 0) is 11.2 Å². The van der Waals surface area contributed by atoms with Crippen molar-refractivity contribution in [1.29, 1.82) is 0 Å². The Morgan fingerprint density at radius 2 is 2.54 bits per heavy atom. The van der Waals surface area contributed by atoms with Crippen LogP contribution in [-0.4, -0.2) is 24.4 Å². The summed E-state index contributed by atoms with van der Waals surface area (Å²) in [5, 5.41) is 3.44. The number of ether oxygens (including phenoxy) is 1. The van der Waals surface area contributed by atoms with Gasteiger partial charge in [0.15, 0.2) is 5.69 Å². The molecular weight excluding hydrogens is 177 g/mol. The minimum absolute atomic E-state index is 0.0882. The van der Waals surface area contributed by atoms with Crippen molar-refractivity contribution in [3.05, 3.63) is 17.5 Å². The van der Waals surface area contributed by atoms with E-state index in [2.05, 4.69) is 14.4 Å². The van der Waals surface area contributed by atoms with Crippen molar-refractivity contribution in [3.63, 3.8) is 0 Å². The lowest BCUT2D eigenvalue weighted by atomic mass is 10.3. The molecule has 72 valence electrons. The first-order valence-corrected chi connectivity index (χ1v) is 3.96. The van der Waals surface area contributed by atoms with Crippen molar-refractivity contribution < 1.29 is 18.4 Å². The number of aryl methyl sites for hydroxylation is 1. The van der Waals surface area contributed by atoms with E-state index in [-0.39, 0.29) is 18.7 Å². The van der Waals surface area contributed by atoms with Crippen molar-refractivity contribution in [2.75, 3.05) is 13.3 Å². The second-order valence-corrected chi connectivity index (χ2v) is 2.34. The van der Waals surface area contributed by atoms with Crippen molar-refractivity contribution >= 4 is 5.97 Å². The number of carbonyl (C=O) groups excluding carboxylic acids is 1. The molecule has 13 heavy (non-hydrogen) atoms. The number of nitrogens with zero attached hydrogens (tertiary/aromatic N) is 1. The highest BCUT2D eigenvalue weighted by Crippen LogP contribution is 2.05. The number of esters is 1. The van der Waals surface area contributed by atoms with Gasteiger partial charge in [0.1, 0.15) is 5.76 Å². The van der Waals surface area contributed by atoms with Crippen LogP contribution in [0, 0.1) is 0 Å². The van der Waals surface area contributed by atoms with E-state index >= 15 is 0 Å². The fourth-order valence-corrected chi connectivity index (χ4v) is 0.825. The predicted molar refractivity (Wildman–Crippen MR) is 42.1 cm³/mol. The molecule has 1 aromatic rings. The van der Waals surface area contributed by atoms with Crippen molar-refractivity contribution in [3.8, 4) is 0 Å². The summed E-state index contributed by atoms with van der Waals surface area (Å²) in [4.78, 5) is 11.0. The number of alkyl halides is 1. The fraction of sp³-hybridized carbons (Fsp3) is 0.500. The Morgan fingerprint density at radius 1 is 1.77 bits per heavy atom. The van der Waals surface area contributed by atoms with E-state index in [1.807, 2.05) is 0 Å². The van der Waals surface area contributed by atoms with Crippen LogP contribution >= 0.6 is 0 Å². The Morgan fingerprint density at radius 3 is 3.15 bits per heavy atom. The van der Waals surface area contributed by atoms with E-state index in [0.717, 1.165) is 0 Å². The lowest BCUT2D eigenvalue weighted by Gasteiger charge is -1.94. The molecule has 0 atom stereocenters. The van der Waals surface area contributed by atoms with E-state index in [1.165, 1.54) is 6.07 Å². The van der Waals surface area contributed by atoms with Crippen LogP contribution in [0.25, 0.3) is 0 Å². The van der Waals surface area contributed by atoms with E-state index in [0.29, 0.717) is 5.76 Å². The number of aromatic nitrogens is 1. The molecule has 0 aliphatic heterocycles. The van der Waals surface area contributed by atoms with Gasteiger partial charge in [0.05, 0.1) is 13.3 Å². The molecular formula is C8H10FNO3. The molecule has 1 rings (SSSR count). The van der Waals surface area contributed by atoms with E-state index in [1.54, 1.807) is 6.92 Å². The third-order valence-corrected chi connectivity index (χ3v) is 1.38. The maximum Gasteiger partial charge on any atom is 0.360 e. The zero-order valence-corrected chi connectivity index (χ0v) is 7.25. The Labute approximate surface area is 74.7 Å². The number of carbonyl (C=O) groups is 1. The Hall–Kier alpha value is -1.39. The van der Waals surface area contributed by atoms with Gasteiger partial charge < -0.3 is 9.26 Å². The van der Waals surface area contributed by atoms with Crippen LogP contribution in [0.1, 0.15) is 23.2 Å². The monoisotopic (exact) mass is 187 g/mol. The minimum atomic E-state index is -0.545. The van der Waals surface area contributed by atoms with E-state index in [4.69, 9.17) is 0 Å². The van der Waals surface area contributed by atoms with Gasteiger partial charge in [-0.25, -0.2) is 4.79 Å². The molecule has 0 aliphatic rings. The van der Waals surface area contributed by atoms with Gasteiger partial charge in [-0.15, -0.1) is 0 Å². The zero-order valence-electron chi connectivity index (χ0n) is 7.25. The zero-order chi connectivity index (χ0) is 9.68. The van der Waals surface area contributed by atoms with Crippen molar-refractivity contribution in [2.24, 2.45) is 0 Å². The first-order chi connectivity index (χ1) is 6.27. The molecule has 0 amide bonds. The normalized spacial score (nSPS) is 10.0. The predicted octanol–water partition coefficient (Wildman–Crippen LogP) is 1.36. The van der Waals surface area contributed by atoms with Crippen LogP contribution in [0.3, 0.4) is 0 Å². The van der Waals surface area contributed by atoms with Crippen LogP contribution in [0.15, 0.2) is 10.6 Å². The molecule has 0 N–H and O–H groups in total. The molecule has 0 fully saturated rings. The first kappa shape index (κ1) is 9.70. The summed E-state index contributed by atoms with van der Waals surface area (Å²) < 4.78 is 21.2. The summed E-state index contributed by atoms with van der Waals surface area (Å²) in [6.45, 7) is 1.45. The van der Waals surface area contributed by atoms with Crippen molar-refractivity contribution in [1.82, 2.24) is 5.16 Å². The molecule has 0 unspecified atom stereocenters. The van der Waals surface area contributed by atoms with Crippen LogP contribution in [0.2, 0.25) is 0 Å². The van der Waals surface area contributed by atoms with Crippen molar-refractivity contribution in [2.45, 2.75) is 13.3 Å². The molecule has 5 heteroatoms. The fourth-order valence-electron chi connectivity index (χ4n) is 0.825. The lowest BCUT2D eigenvalue weighted by molar-refractivity contribution is 0.0514. The maximum absolute atomic E-state index is 11.8. The number of rotatable bonds is 4. The van der Waals surface area contributed by atoms with Gasteiger partial charge >= 0.3 is 5.97 Å². The molecule has 0 aliphatic carbocycles. The second-order valence-electron chi connectivity index (χ2n) is 2.34. The molecule has 4 nitrogen and oxygen atoms in total. The van der Waals surface area contributed by atoms with Gasteiger partial charge in [0, 0.05) is 12.5 Å². The second kappa shape index (κ2) is 4.59. The number of halogens is 1. The first-order valence-electron chi connectivity index (χ1n) is 3.96. The van der Waals surface area contributed by atoms with Crippen LogP contribution < -0.4 is 0 Å². The minimum Gasteiger partial charge on any atom is -0.461 e. The van der Waals surface area contributed by atoms with E-state index < -0.39 is 12.6 Å². The summed E-state index contributed by atoms with van der Waals surface area (Å²) in [7, 11) is 0. The molecule has 0 spiro atoms. The largest absolute Gasteiger partial charge is 0.461 e. The van der Waals surface area contributed by atoms with Gasteiger partial charge in [-0.1, -0.05) is 5.16 Å². The molecule has 0 saturated carbocycles. The lowest BCUT2D eigenvalue weighted by Crippen LogP contribution is -2.04. The molecule has 0 saturated heterocycles. The van der Waals surface area contributed by atoms with Gasteiger partial charge in [-0.2, -0.15) is 0 Å². The number of hydrogen-bond acceptors (Lipinski definition) is 4. The SMILES string of the molecule is CCOC(=O)c1cc(CCF)on1. The third kappa shape index (κ3) is 2.54. The average molecular weight is 187 g/mol. The van der Waals surface area contributed by atoms with Gasteiger partial charge in [0.25, 0.3) is 0 Å². The Bertz CT molecular complexity index is 285. The van der Waals surface area contributed by atoms with Crippen LogP contribution in [0.4, 0.5) is 4.39 Å². The maximum atomic E-state index is 11.8. The topological polar surface area (TPSA) is 52.3 Å². The summed E-state index contributed by atoms with van der Waals surface area (Å²) in [6, 6.07) is 1.39. The summed E-state index contributed by atoms with van der Waals surface area (Å²) in [5.74, 6) is -0.193. The van der Waals surface area contributed by atoms with Gasteiger partial charge in [0.2, 0.25) is 0 Å². The standard InChI is InChI=1S/C8H10FNO3/c1-2-12-8(11)7-5-6(3-4-9)13-10-7/h5H,2-4H2,1H3. The molecule has 0 aromatic carbocycles.